The topological polar surface area (TPSA) is 35.5 Å². The zero-order valence-corrected chi connectivity index (χ0v) is 15.2. The van der Waals surface area contributed by atoms with Crippen LogP contribution in [0.4, 0.5) is 0 Å². The number of rotatable bonds is 7. The summed E-state index contributed by atoms with van der Waals surface area (Å²) in [7, 11) is 2.21. The third-order valence-corrected chi connectivity index (χ3v) is 4.71. The molecule has 0 radical (unpaired) electrons. The van der Waals surface area contributed by atoms with Crippen LogP contribution in [0.5, 0.6) is 0 Å². The number of aliphatic hydroxyl groups excluding tert-OH is 1. The van der Waals surface area contributed by atoms with Crippen molar-refractivity contribution in [2.75, 3.05) is 26.7 Å². The zero-order valence-electron chi connectivity index (χ0n) is 15.2. The van der Waals surface area contributed by atoms with Gasteiger partial charge in [0, 0.05) is 25.2 Å². The lowest BCUT2D eigenvalue weighted by Crippen LogP contribution is -2.50. The van der Waals surface area contributed by atoms with Crippen LogP contribution in [-0.2, 0) is 0 Å². The van der Waals surface area contributed by atoms with Crippen LogP contribution in [0, 0.1) is 11.3 Å². The Morgan fingerprint density at radius 3 is 2.57 bits per heavy atom. The molecule has 0 heterocycles. The highest BCUT2D eigenvalue weighted by atomic mass is 16.3. The monoisotopic (exact) mass is 298 g/mol. The van der Waals surface area contributed by atoms with Gasteiger partial charge < -0.3 is 15.3 Å². The molecule has 0 aromatic heterocycles. The van der Waals surface area contributed by atoms with E-state index in [1.165, 1.54) is 25.7 Å². The summed E-state index contributed by atoms with van der Waals surface area (Å²) in [6.45, 7) is 14.3. The highest BCUT2D eigenvalue weighted by molar-refractivity contribution is 4.91. The minimum atomic E-state index is -0.193. The highest BCUT2D eigenvalue weighted by Gasteiger charge is 2.36. The maximum absolute atomic E-state index is 9.48. The molecule has 1 aliphatic rings. The molecule has 21 heavy (non-hydrogen) atoms. The van der Waals surface area contributed by atoms with Crippen LogP contribution >= 0.6 is 0 Å². The molecule has 1 saturated carbocycles. The lowest BCUT2D eigenvalue weighted by atomic mass is 9.69. The quantitative estimate of drug-likeness (QED) is 0.757. The Kier molecular flexibility index (Phi) is 7.15. The minimum Gasteiger partial charge on any atom is -0.393 e. The maximum Gasteiger partial charge on any atom is 0.0524 e. The average Bonchev–Trinajstić information content (AvgIpc) is 2.33. The van der Waals surface area contributed by atoms with Gasteiger partial charge in [0.15, 0.2) is 0 Å². The van der Waals surface area contributed by atoms with Gasteiger partial charge in [0.25, 0.3) is 0 Å². The van der Waals surface area contributed by atoms with E-state index < -0.39 is 0 Å². The van der Waals surface area contributed by atoms with Crippen molar-refractivity contribution in [3.8, 4) is 0 Å². The van der Waals surface area contributed by atoms with Gasteiger partial charge >= 0.3 is 0 Å². The van der Waals surface area contributed by atoms with Gasteiger partial charge in [-0.2, -0.15) is 0 Å². The number of hydrogen-bond acceptors (Lipinski definition) is 3. The second-order valence-electron chi connectivity index (χ2n) is 8.68. The van der Waals surface area contributed by atoms with Crippen LogP contribution in [0.15, 0.2) is 0 Å². The number of nitrogens with zero attached hydrogens (tertiary/aromatic N) is 1. The Morgan fingerprint density at radius 2 is 2.05 bits per heavy atom. The van der Waals surface area contributed by atoms with E-state index in [-0.39, 0.29) is 11.6 Å². The molecular formula is C18H38N2O. The number of aliphatic hydroxyl groups is 1. The predicted molar refractivity (Wildman–Crippen MR) is 91.6 cm³/mol. The van der Waals surface area contributed by atoms with Gasteiger partial charge in [0.05, 0.1) is 6.10 Å². The largest absolute Gasteiger partial charge is 0.393 e. The van der Waals surface area contributed by atoms with Crippen molar-refractivity contribution in [1.29, 1.82) is 0 Å². The Labute approximate surface area is 132 Å². The van der Waals surface area contributed by atoms with Gasteiger partial charge in [-0.25, -0.2) is 0 Å². The van der Waals surface area contributed by atoms with Gasteiger partial charge in [-0.3, -0.25) is 0 Å². The summed E-state index contributed by atoms with van der Waals surface area (Å²) in [5, 5.41) is 13.2. The Hall–Kier alpha value is -0.120. The molecule has 0 aliphatic heterocycles. The van der Waals surface area contributed by atoms with E-state index in [1.807, 2.05) is 6.92 Å². The molecule has 0 bridgehead atoms. The Bertz CT molecular complexity index is 298. The van der Waals surface area contributed by atoms with Gasteiger partial charge in [-0.15, -0.1) is 0 Å². The fourth-order valence-corrected chi connectivity index (χ4v) is 3.64. The smallest absolute Gasteiger partial charge is 0.0524 e. The van der Waals surface area contributed by atoms with Crippen LogP contribution in [0.25, 0.3) is 0 Å². The molecule has 0 aromatic carbocycles. The summed E-state index contributed by atoms with van der Waals surface area (Å²) in [5.41, 5.74) is 0.588. The van der Waals surface area contributed by atoms with E-state index in [1.54, 1.807) is 0 Å². The predicted octanol–water partition coefficient (Wildman–Crippen LogP) is 3.27. The summed E-state index contributed by atoms with van der Waals surface area (Å²) in [6, 6.07) is 0. The van der Waals surface area contributed by atoms with Crippen LogP contribution in [0.2, 0.25) is 0 Å². The van der Waals surface area contributed by atoms with Crippen LogP contribution in [0.3, 0.4) is 0 Å². The van der Waals surface area contributed by atoms with Crippen molar-refractivity contribution in [2.24, 2.45) is 11.3 Å². The summed E-state index contributed by atoms with van der Waals surface area (Å²) < 4.78 is 0. The van der Waals surface area contributed by atoms with Crippen LogP contribution in [0.1, 0.15) is 66.7 Å². The van der Waals surface area contributed by atoms with E-state index >= 15 is 0 Å². The van der Waals surface area contributed by atoms with Crippen molar-refractivity contribution in [3.63, 3.8) is 0 Å². The average molecular weight is 299 g/mol. The van der Waals surface area contributed by atoms with Crippen molar-refractivity contribution in [1.82, 2.24) is 10.2 Å². The molecule has 3 unspecified atom stereocenters. The lowest BCUT2D eigenvalue weighted by Gasteiger charge is -2.44. The van der Waals surface area contributed by atoms with Crippen LogP contribution in [-0.4, -0.2) is 48.3 Å². The first kappa shape index (κ1) is 18.9. The second kappa shape index (κ2) is 7.94. The third kappa shape index (κ3) is 7.62. The van der Waals surface area contributed by atoms with E-state index in [0.717, 1.165) is 32.0 Å². The molecule has 3 heteroatoms. The van der Waals surface area contributed by atoms with Gasteiger partial charge in [-0.05, 0) is 65.3 Å². The molecule has 0 spiro atoms. The number of hydrogen-bond donors (Lipinski definition) is 2. The molecule has 0 amide bonds. The first-order chi connectivity index (χ1) is 9.62. The minimum absolute atomic E-state index is 0.186. The molecule has 1 rings (SSSR count). The molecular weight excluding hydrogens is 260 g/mol. The van der Waals surface area contributed by atoms with E-state index in [0.29, 0.717) is 5.41 Å². The number of nitrogens with one attached hydrogen (secondary N) is 1. The molecule has 2 N–H and O–H groups in total. The SMILES string of the molecule is CC(O)CCN(C)CC1(CNC(C)(C)C)CCCC(C)C1. The first-order valence-corrected chi connectivity index (χ1v) is 8.74. The normalized spacial score (nSPS) is 28.9. The fourth-order valence-electron chi connectivity index (χ4n) is 3.64. The summed E-state index contributed by atoms with van der Waals surface area (Å²) in [5.74, 6) is 0.839. The van der Waals surface area contributed by atoms with E-state index in [9.17, 15) is 5.11 Å². The zero-order chi connectivity index (χ0) is 16.1. The van der Waals surface area contributed by atoms with E-state index in [4.69, 9.17) is 0 Å². The second-order valence-corrected chi connectivity index (χ2v) is 8.68. The molecule has 0 aromatic rings. The Morgan fingerprint density at radius 1 is 1.38 bits per heavy atom. The molecule has 0 saturated heterocycles. The standard InChI is InChI=1S/C18H38N2O/c1-15-8-7-10-18(12-15,13-19-17(3,4)5)14-20(6)11-9-16(2)21/h15-16,19,21H,7-14H2,1-6H3. The molecule has 1 aliphatic carbocycles. The first-order valence-electron chi connectivity index (χ1n) is 8.74. The lowest BCUT2D eigenvalue weighted by molar-refractivity contribution is 0.0766. The molecule has 3 nitrogen and oxygen atoms in total. The van der Waals surface area contributed by atoms with Crippen molar-refractivity contribution >= 4 is 0 Å². The van der Waals surface area contributed by atoms with Crippen LogP contribution < -0.4 is 5.32 Å². The highest BCUT2D eigenvalue weighted by Crippen LogP contribution is 2.39. The summed E-state index contributed by atoms with van der Waals surface area (Å²) in [4.78, 5) is 2.43. The van der Waals surface area contributed by atoms with Gasteiger partial charge in [0.1, 0.15) is 0 Å². The summed E-state index contributed by atoms with van der Waals surface area (Å²) >= 11 is 0. The van der Waals surface area contributed by atoms with Gasteiger partial charge in [0.2, 0.25) is 0 Å². The third-order valence-electron chi connectivity index (χ3n) is 4.71. The van der Waals surface area contributed by atoms with Crippen molar-refractivity contribution < 1.29 is 5.11 Å². The molecule has 126 valence electrons. The van der Waals surface area contributed by atoms with Crippen molar-refractivity contribution in [3.05, 3.63) is 0 Å². The van der Waals surface area contributed by atoms with Crippen molar-refractivity contribution in [2.45, 2.75) is 78.4 Å². The Balaban J connectivity index is 2.63. The fraction of sp³-hybridized carbons (Fsp3) is 1.00. The van der Waals surface area contributed by atoms with Gasteiger partial charge in [-0.1, -0.05) is 19.8 Å². The molecule has 3 atom stereocenters. The summed E-state index contributed by atoms with van der Waals surface area (Å²) in [6.07, 6.45) is 6.08. The maximum atomic E-state index is 9.48. The molecule has 1 fully saturated rings. The van der Waals surface area contributed by atoms with E-state index in [2.05, 4.69) is 45.0 Å².